The van der Waals surface area contributed by atoms with Crippen molar-refractivity contribution in [2.45, 2.75) is 45.8 Å². The van der Waals surface area contributed by atoms with Crippen LogP contribution in [0.4, 0.5) is 0 Å². The van der Waals surface area contributed by atoms with Gasteiger partial charge in [0.25, 0.3) is 5.56 Å². The molecule has 0 saturated carbocycles. The van der Waals surface area contributed by atoms with Crippen LogP contribution in [0.5, 0.6) is 0 Å². The van der Waals surface area contributed by atoms with Crippen LogP contribution >= 0.6 is 0 Å². The molecule has 0 bridgehead atoms. The van der Waals surface area contributed by atoms with Crippen LogP contribution in [0.15, 0.2) is 15.7 Å². The monoisotopic (exact) mass is 339 g/mol. The molecule has 2 atom stereocenters. The maximum Gasteiger partial charge on any atom is 0.328 e. The third-order valence-corrected chi connectivity index (χ3v) is 4.78. The maximum absolute atomic E-state index is 11.9. The van der Waals surface area contributed by atoms with E-state index in [4.69, 9.17) is 0 Å². The molecular weight excluding hydrogens is 314 g/mol. The minimum Gasteiger partial charge on any atom is -0.481 e. The molecule has 0 radical (unpaired) electrons. The Bertz CT molecular complexity index is 679. The molecule has 24 heavy (non-hydrogen) atoms. The molecule has 2 heterocycles. The van der Waals surface area contributed by atoms with Crippen LogP contribution in [0.3, 0.4) is 0 Å². The van der Waals surface area contributed by atoms with Crippen LogP contribution < -0.4 is 11.2 Å². The number of carbonyl (C=O) groups is 1. The highest BCUT2D eigenvalue weighted by molar-refractivity contribution is 5.76. The topological polar surface area (TPSA) is 116 Å². The van der Waals surface area contributed by atoms with E-state index in [0.717, 1.165) is 4.57 Å². The number of nitrogens with zero attached hydrogens (tertiary/aromatic N) is 2. The second-order valence-corrected chi connectivity index (χ2v) is 6.54. The third kappa shape index (κ3) is 3.59. The van der Waals surface area contributed by atoms with E-state index in [0.29, 0.717) is 38.0 Å². The van der Waals surface area contributed by atoms with E-state index in [1.165, 1.54) is 6.07 Å². The van der Waals surface area contributed by atoms with Gasteiger partial charge in [-0.05, 0) is 19.8 Å². The Hall–Kier alpha value is -1.93. The smallest absolute Gasteiger partial charge is 0.328 e. The van der Waals surface area contributed by atoms with Crippen LogP contribution in [-0.2, 0) is 11.3 Å². The Morgan fingerprint density at radius 2 is 2.12 bits per heavy atom. The number of aliphatic carboxylic acids is 1. The van der Waals surface area contributed by atoms with Crippen molar-refractivity contribution in [1.29, 1.82) is 0 Å². The molecule has 1 fully saturated rings. The first-order chi connectivity index (χ1) is 11.3. The molecule has 1 aromatic rings. The Kier molecular flexibility index (Phi) is 5.61. The number of aliphatic hydroxyl groups is 1. The molecule has 0 aromatic carbocycles. The lowest BCUT2D eigenvalue weighted by Gasteiger charge is -2.43. The van der Waals surface area contributed by atoms with Gasteiger partial charge in [0.1, 0.15) is 5.41 Å². The molecule has 1 aromatic heterocycles. The van der Waals surface area contributed by atoms with Gasteiger partial charge in [-0.15, -0.1) is 0 Å². The van der Waals surface area contributed by atoms with Crippen molar-refractivity contribution in [3.63, 3.8) is 0 Å². The van der Waals surface area contributed by atoms with Gasteiger partial charge in [-0.25, -0.2) is 4.79 Å². The SMILES string of the molecule is CCC[C@@]1(C(=O)O)CN(CCn2c(=O)cc(C)[nH]c2=O)CC[C@H]1O. The molecule has 0 unspecified atom stereocenters. The number of aliphatic hydroxyl groups excluding tert-OH is 1. The molecule has 0 amide bonds. The van der Waals surface area contributed by atoms with Crippen molar-refractivity contribution in [2.75, 3.05) is 19.6 Å². The van der Waals surface area contributed by atoms with Gasteiger partial charge in [-0.3, -0.25) is 14.2 Å². The molecule has 0 aliphatic carbocycles. The van der Waals surface area contributed by atoms with E-state index in [9.17, 15) is 24.6 Å². The number of H-pyrrole nitrogens is 1. The van der Waals surface area contributed by atoms with Gasteiger partial charge in [0.2, 0.25) is 0 Å². The molecule has 8 nitrogen and oxygen atoms in total. The molecule has 1 aliphatic rings. The lowest BCUT2D eigenvalue weighted by Crippen LogP contribution is -2.56. The number of aryl methyl sites for hydroxylation is 1. The van der Waals surface area contributed by atoms with Crippen molar-refractivity contribution >= 4 is 5.97 Å². The maximum atomic E-state index is 11.9. The largest absolute Gasteiger partial charge is 0.481 e. The third-order valence-electron chi connectivity index (χ3n) is 4.78. The predicted octanol–water partition coefficient (Wildman–Crippen LogP) is -0.217. The van der Waals surface area contributed by atoms with Crippen molar-refractivity contribution in [2.24, 2.45) is 5.41 Å². The van der Waals surface area contributed by atoms with Crippen LogP contribution in [0, 0.1) is 12.3 Å². The van der Waals surface area contributed by atoms with E-state index in [-0.39, 0.29) is 18.6 Å². The number of hydrogen-bond acceptors (Lipinski definition) is 5. The van der Waals surface area contributed by atoms with Gasteiger partial charge in [-0.2, -0.15) is 0 Å². The van der Waals surface area contributed by atoms with Gasteiger partial charge in [-0.1, -0.05) is 13.3 Å². The molecule has 0 spiro atoms. The number of nitrogens with one attached hydrogen (secondary N) is 1. The zero-order valence-corrected chi connectivity index (χ0v) is 14.1. The molecule has 3 N–H and O–H groups in total. The molecule has 1 saturated heterocycles. The summed E-state index contributed by atoms with van der Waals surface area (Å²) in [6, 6.07) is 1.36. The standard InChI is InChI=1S/C16H25N3O5/c1-3-5-16(14(22)23)10-18(6-4-12(16)20)7-8-19-13(21)9-11(2)17-15(19)24/h9,12,20H,3-8,10H2,1-2H3,(H,17,24)(H,22,23)/t12-,16-/m1/s1. The first kappa shape index (κ1) is 18.4. The second kappa shape index (κ2) is 7.31. The summed E-state index contributed by atoms with van der Waals surface area (Å²) in [5, 5.41) is 19.8. The summed E-state index contributed by atoms with van der Waals surface area (Å²) in [4.78, 5) is 40.0. The summed E-state index contributed by atoms with van der Waals surface area (Å²) >= 11 is 0. The number of carboxylic acids is 1. The van der Waals surface area contributed by atoms with Crippen LogP contribution in [-0.4, -0.2) is 56.4 Å². The number of aromatic amines is 1. The average molecular weight is 339 g/mol. The van der Waals surface area contributed by atoms with Crippen molar-refractivity contribution in [1.82, 2.24) is 14.5 Å². The van der Waals surface area contributed by atoms with Gasteiger partial charge >= 0.3 is 11.7 Å². The van der Waals surface area contributed by atoms with E-state index in [2.05, 4.69) is 4.98 Å². The number of aromatic nitrogens is 2. The van der Waals surface area contributed by atoms with Crippen molar-refractivity contribution in [3.05, 3.63) is 32.6 Å². The van der Waals surface area contributed by atoms with E-state index >= 15 is 0 Å². The number of rotatable bonds is 6. The summed E-state index contributed by atoms with van der Waals surface area (Å²) in [5.74, 6) is -0.994. The zero-order chi connectivity index (χ0) is 17.9. The van der Waals surface area contributed by atoms with Gasteiger partial charge in [0, 0.05) is 37.9 Å². The number of hydrogen-bond donors (Lipinski definition) is 3. The van der Waals surface area contributed by atoms with Crippen LogP contribution in [0.25, 0.3) is 0 Å². The Morgan fingerprint density at radius 1 is 1.42 bits per heavy atom. The summed E-state index contributed by atoms with van der Waals surface area (Å²) in [6.45, 7) is 4.87. The van der Waals surface area contributed by atoms with Crippen LogP contribution in [0.1, 0.15) is 31.9 Å². The van der Waals surface area contributed by atoms with Gasteiger partial charge < -0.3 is 20.1 Å². The Balaban J connectivity index is 2.13. The van der Waals surface area contributed by atoms with Crippen molar-refractivity contribution in [3.8, 4) is 0 Å². The highest BCUT2D eigenvalue weighted by Gasteiger charge is 2.48. The van der Waals surface area contributed by atoms with Crippen LogP contribution in [0.2, 0.25) is 0 Å². The Labute approximate surface area is 139 Å². The normalized spacial score (nSPS) is 24.9. The van der Waals surface area contributed by atoms with Crippen molar-refractivity contribution < 1.29 is 15.0 Å². The molecule has 134 valence electrons. The zero-order valence-electron chi connectivity index (χ0n) is 14.1. The second-order valence-electron chi connectivity index (χ2n) is 6.54. The predicted molar refractivity (Wildman–Crippen MR) is 88.1 cm³/mol. The highest BCUT2D eigenvalue weighted by atomic mass is 16.4. The van der Waals surface area contributed by atoms with E-state index < -0.39 is 23.2 Å². The highest BCUT2D eigenvalue weighted by Crippen LogP contribution is 2.35. The quantitative estimate of drug-likeness (QED) is 0.660. The number of carboxylic acid groups (broad SMARTS) is 1. The fourth-order valence-corrected chi connectivity index (χ4v) is 3.45. The average Bonchev–Trinajstić information content (AvgIpc) is 2.49. The fraction of sp³-hybridized carbons (Fsp3) is 0.688. The van der Waals surface area contributed by atoms with E-state index in [1.807, 2.05) is 11.8 Å². The minimum absolute atomic E-state index is 0.187. The lowest BCUT2D eigenvalue weighted by atomic mass is 9.74. The van der Waals surface area contributed by atoms with Gasteiger partial charge in [0.15, 0.2) is 0 Å². The molecular formula is C16H25N3O5. The summed E-state index contributed by atoms with van der Waals surface area (Å²) < 4.78 is 1.11. The molecule has 8 heteroatoms. The first-order valence-electron chi connectivity index (χ1n) is 8.24. The first-order valence-corrected chi connectivity index (χ1v) is 8.24. The lowest BCUT2D eigenvalue weighted by molar-refractivity contribution is -0.164. The van der Waals surface area contributed by atoms with E-state index in [1.54, 1.807) is 6.92 Å². The molecule has 1 aliphatic heterocycles. The van der Waals surface area contributed by atoms with Gasteiger partial charge in [0.05, 0.1) is 6.10 Å². The minimum atomic E-state index is -1.18. The molecule has 2 rings (SSSR count). The number of piperidine rings is 1. The summed E-state index contributed by atoms with van der Waals surface area (Å²) in [7, 11) is 0. The Morgan fingerprint density at radius 3 is 2.71 bits per heavy atom. The summed E-state index contributed by atoms with van der Waals surface area (Å²) in [5.41, 5.74) is -1.51. The summed E-state index contributed by atoms with van der Waals surface area (Å²) in [6.07, 6.45) is 0.543. The number of likely N-dealkylation sites (tertiary alicyclic amines) is 1. The fourth-order valence-electron chi connectivity index (χ4n) is 3.45.